The quantitative estimate of drug-likeness (QED) is 0.805. The van der Waals surface area contributed by atoms with Crippen LogP contribution in [-0.4, -0.2) is 43.3 Å². The minimum absolute atomic E-state index is 0.465. The zero-order valence-electron chi connectivity index (χ0n) is 10.9. The van der Waals surface area contributed by atoms with Gasteiger partial charge in [-0.05, 0) is 12.1 Å². The van der Waals surface area contributed by atoms with Crippen molar-refractivity contribution in [1.29, 1.82) is 0 Å². The number of rotatable bonds is 4. The molecular weight excluding hydrogens is 260 g/mol. The third-order valence-corrected chi connectivity index (χ3v) is 2.89. The van der Waals surface area contributed by atoms with Crippen molar-refractivity contribution in [2.45, 2.75) is 0 Å². The van der Waals surface area contributed by atoms with Gasteiger partial charge in [0.1, 0.15) is 0 Å². The van der Waals surface area contributed by atoms with E-state index in [1.807, 2.05) is 18.2 Å². The molecule has 1 fully saturated rings. The van der Waals surface area contributed by atoms with E-state index in [4.69, 9.17) is 9.84 Å². The van der Waals surface area contributed by atoms with Crippen molar-refractivity contribution < 1.29 is 19.4 Å². The first-order valence-corrected chi connectivity index (χ1v) is 6.30. The Bertz CT molecular complexity index is 522. The first kappa shape index (κ1) is 14.1. The van der Waals surface area contributed by atoms with Gasteiger partial charge in [0.2, 0.25) is 5.91 Å². The van der Waals surface area contributed by atoms with Crippen LogP contribution < -0.4 is 10.2 Å². The Morgan fingerprint density at radius 2 is 1.90 bits per heavy atom. The van der Waals surface area contributed by atoms with Crippen LogP contribution in [0.25, 0.3) is 0 Å². The number of para-hydroxylation sites is 2. The van der Waals surface area contributed by atoms with Gasteiger partial charge in [0.05, 0.1) is 24.6 Å². The number of nitrogens with one attached hydrogen (secondary N) is 1. The summed E-state index contributed by atoms with van der Waals surface area (Å²) >= 11 is 0. The fraction of sp³-hybridized carbons (Fsp3) is 0.286. The molecule has 1 amide bonds. The fourth-order valence-corrected chi connectivity index (χ4v) is 1.98. The molecule has 0 saturated carbocycles. The molecular formula is C14H16N2O4. The van der Waals surface area contributed by atoms with Crippen molar-refractivity contribution in [3.8, 4) is 0 Å². The Morgan fingerprint density at radius 1 is 1.20 bits per heavy atom. The molecule has 1 aliphatic heterocycles. The van der Waals surface area contributed by atoms with Crippen LogP contribution in [0.3, 0.4) is 0 Å². The molecule has 1 aromatic rings. The zero-order valence-corrected chi connectivity index (χ0v) is 10.9. The standard InChI is InChI=1S/C14H16N2O4/c17-13(5-6-14(18)19)15-11-3-1-2-4-12(11)16-7-9-20-10-8-16/h1-6H,7-10H2,(H,15,17)(H,18,19)/b6-5+. The van der Waals surface area contributed by atoms with Crippen LogP contribution >= 0.6 is 0 Å². The first-order valence-electron chi connectivity index (χ1n) is 6.30. The van der Waals surface area contributed by atoms with Crippen LogP contribution in [-0.2, 0) is 14.3 Å². The lowest BCUT2D eigenvalue weighted by molar-refractivity contribution is -0.131. The third kappa shape index (κ3) is 3.83. The van der Waals surface area contributed by atoms with Crippen LogP contribution in [0.5, 0.6) is 0 Å². The summed E-state index contributed by atoms with van der Waals surface area (Å²) < 4.78 is 5.30. The highest BCUT2D eigenvalue weighted by molar-refractivity contribution is 6.04. The number of ether oxygens (including phenoxy) is 1. The lowest BCUT2D eigenvalue weighted by atomic mass is 10.2. The Morgan fingerprint density at radius 3 is 2.60 bits per heavy atom. The number of hydrogen-bond donors (Lipinski definition) is 2. The molecule has 106 valence electrons. The van der Waals surface area contributed by atoms with Crippen molar-refractivity contribution in [2.75, 3.05) is 36.5 Å². The number of anilines is 2. The summed E-state index contributed by atoms with van der Waals surface area (Å²) in [6.45, 7) is 2.83. The number of nitrogens with zero attached hydrogens (tertiary/aromatic N) is 1. The predicted molar refractivity (Wildman–Crippen MR) is 74.9 cm³/mol. The van der Waals surface area contributed by atoms with Crippen LogP contribution in [0.2, 0.25) is 0 Å². The Kier molecular flexibility index (Phi) is 4.73. The summed E-state index contributed by atoms with van der Waals surface area (Å²) in [6.07, 6.45) is 1.81. The highest BCUT2D eigenvalue weighted by atomic mass is 16.5. The zero-order chi connectivity index (χ0) is 14.4. The number of carboxylic acids is 1. The van der Waals surface area contributed by atoms with Crippen LogP contribution in [0.15, 0.2) is 36.4 Å². The number of amides is 1. The smallest absolute Gasteiger partial charge is 0.328 e. The van der Waals surface area contributed by atoms with E-state index in [9.17, 15) is 9.59 Å². The Labute approximate surface area is 116 Å². The summed E-state index contributed by atoms with van der Waals surface area (Å²) in [5.41, 5.74) is 1.57. The van der Waals surface area contributed by atoms with Gasteiger partial charge in [-0.1, -0.05) is 12.1 Å². The average molecular weight is 276 g/mol. The monoisotopic (exact) mass is 276 g/mol. The topological polar surface area (TPSA) is 78.9 Å². The van der Waals surface area contributed by atoms with E-state index >= 15 is 0 Å². The van der Waals surface area contributed by atoms with Gasteiger partial charge >= 0.3 is 5.97 Å². The highest BCUT2D eigenvalue weighted by Crippen LogP contribution is 2.26. The van der Waals surface area contributed by atoms with E-state index < -0.39 is 11.9 Å². The molecule has 1 heterocycles. The first-order chi connectivity index (χ1) is 9.66. The van der Waals surface area contributed by atoms with E-state index in [1.165, 1.54) is 0 Å². The lowest BCUT2D eigenvalue weighted by Crippen LogP contribution is -2.36. The molecule has 20 heavy (non-hydrogen) atoms. The SMILES string of the molecule is O=C(O)/C=C/C(=O)Nc1ccccc1N1CCOCC1. The fourth-order valence-electron chi connectivity index (χ4n) is 1.98. The molecule has 0 aromatic heterocycles. The molecule has 0 bridgehead atoms. The number of carbonyl (C=O) groups is 2. The van der Waals surface area contributed by atoms with Crippen LogP contribution in [0, 0.1) is 0 Å². The normalized spacial score (nSPS) is 15.3. The van der Waals surface area contributed by atoms with Gasteiger partial charge in [-0.15, -0.1) is 0 Å². The van der Waals surface area contributed by atoms with Crippen molar-refractivity contribution in [3.63, 3.8) is 0 Å². The van der Waals surface area contributed by atoms with Gasteiger partial charge in [0.25, 0.3) is 0 Å². The molecule has 2 N–H and O–H groups in total. The molecule has 0 radical (unpaired) electrons. The summed E-state index contributed by atoms with van der Waals surface area (Å²) in [4.78, 5) is 24.2. The molecule has 0 spiro atoms. The molecule has 6 nitrogen and oxygen atoms in total. The number of morpholine rings is 1. The molecule has 6 heteroatoms. The van der Waals surface area contributed by atoms with Crippen molar-refractivity contribution in [3.05, 3.63) is 36.4 Å². The second-order valence-corrected chi connectivity index (χ2v) is 4.28. The van der Waals surface area contributed by atoms with Gasteiger partial charge < -0.3 is 20.1 Å². The molecule has 1 aliphatic rings. The Hall–Kier alpha value is -2.34. The molecule has 0 aliphatic carbocycles. The second-order valence-electron chi connectivity index (χ2n) is 4.28. The summed E-state index contributed by atoms with van der Waals surface area (Å²) in [7, 11) is 0. The van der Waals surface area contributed by atoms with E-state index in [1.54, 1.807) is 6.07 Å². The minimum Gasteiger partial charge on any atom is -0.478 e. The average Bonchev–Trinajstić information content (AvgIpc) is 2.47. The number of aliphatic carboxylic acids is 1. The third-order valence-electron chi connectivity index (χ3n) is 2.89. The summed E-state index contributed by atoms with van der Waals surface area (Å²) in [5.74, 6) is -1.62. The number of carboxylic acid groups (broad SMARTS) is 1. The number of carbonyl (C=O) groups excluding carboxylic acids is 1. The molecule has 0 atom stereocenters. The minimum atomic E-state index is -1.15. The maximum Gasteiger partial charge on any atom is 0.328 e. The number of benzene rings is 1. The molecule has 0 unspecified atom stereocenters. The van der Waals surface area contributed by atoms with Crippen LogP contribution in [0.4, 0.5) is 11.4 Å². The number of hydrogen-bond acceptors (Lipinski definition) is 4. The van der Waals surface area contributed by atoms with Crippen LogP contribution in [0.1, 0.15) is 0 Å². The van der Waals surface area contributed by atoms with Crippen molar-refractivity contribution in [1.82, 2.24) is 0 Å². The lowest BCUT2D eigenvalue weighted by Gasteiger charge is -2.30. The van der Waals surface area contributed by atoms with E-state index in [2.05, 4.69) is 10.2 Å². The van der Waals surface area contributed by atoms with E-state index in [-0.39, 0.29) is 0 Å². The Balaban J connectivity index is 2.11. The maximum absolute atomic E-state index is 11.6. The van der Waals surface area contributed by atoms with Crippen molar-refractivity contribution in [2.24, 2.45) is 0 Å². The van der Waals surface area contributed by atoms with Gasteiger partial charge in [0.15, 0.2) is 0 Å². The summed E-state index contributed by atoms with van der Waals surface area (Å²) in [6, 6.07) is 7.42. The van der Waals surface area contributed by atoms with Crippen molar-refractivity contribution >= 4 is 23.3 Å². The van der Waals surface area contributed by atoms with E-state index in [0.29, 0.717) is 18.9 Å². The molecule has 2 rings (SSSR count). The largest absolute Gasteiger partial charge is 0.478 e. The van der Waals surface area contributed by atoms with E-state index in [0.717, 1.165) is 30.9 Å². The molecule has 1 aromatic carbocycles. The maximum atomic E-state index is 11.6. The molecule has 1 saturated heterocycles. The highest BCUT2D eigenvalue weighted by Gasteiger charge is 2.15. The summed E-state index contributed by atoms with van der Waals surface area (Å²) in [5, 5.41) is 11.2. The van der Waals surface area contributed by atoms with Gasteiger partial charge in [-0.3, -0.25) is 4.79 Å². The van der Waals surface area contributed by atoms with Gasteiger partial charge in [0, 0.05) is 25.2 Å². The second kappa shape index (κ2) is 6.72. The van der Waals surface area contributed by atoms with Gasteiger partial charge in [-0.25, -0.2) is 4.79 Å². The predicted octanol–water partition coefficient (Wildman–Crippen LogP) is 1.10. The van der Waals surface area contributed by atoms with Gasteiger partial charge in [-0.2, -0.15) is 0 Å².